The second kappa shape index (κ2) is 8.27. The first-order valence-corrected chi connectivity index (χ1v) is 9.83. The van der Waals surface area contributed by atoms with E-state index in [2.05, 4.69) is 11.8 Å². The maximum atomic E-state index is 13.2. The van der Waals surface area contributed by atoms with Crippen LogP contribution in [0.25, 0.3) is 0 Å². The third-order valence-electron chi connectivity index (χ3n) is 4.17. The van der Waals surface area contributed by atoms with Gasteiger partial charge >= 0.3 is 0 Å². The van der Waals surface area contributed by atoms with E-state index in [4.69, 9.17) is 14.7 Å². The third-order valence-corrected chi connectivity index (χ3v) is 6.01. The Morgan fingerprint density at radius 2 is 2.04 bits per heavy atom. The van der Waals surface area contributed by atoms with Gasteiger partial charge in [0, 0.05) is 6.54 Å². The van der Waals surface area contributed by atoms with Crippen molar-refractivity contribution in [3.8, 4) is 17.6 Å². The number of morpholine rings is 1. The molecule has 0 radical (unpaired) electrons. The van der Waals surface area contributed by atoms with Gasteiger partial charge in [-0.25, -0.2) is 13.9 Å². The van der Waals surface area contributed by atoms with Crippen molar-refractivity contribution in [3.63, 3.8) is 0 Å². The van der Waals surface area contributed by atoms with Crippen LogP contribution in [0.5, 0.6) is 5.75 Å². The van der Waals surface area contributed by atoms with Crippen molar-refractivity contribution in [3.05, 3.63) is 24.3 Å². The monoisotopic (exact) mass is 396 g/mol. The van der Waals surface area contributed by atoms with Crippen LogP contribution >= 0.6 is 0 Å². The number of benzene rings is 1. The number of carbonyl (C=O) groups excluding carboxylic acids is 1. The fourth-order valence-corrected chi connectivity index (χ4v) is 4.89. The zero-order valence-electron chi connectivity index (χ0n) is 15.7. The van der Waals surface area contributed by atoms with E-state index in [-0.39, 0.29) is 18.0 Å². The van der Waals surface area contributed by atoms with Crippen molar-refractivity contribution in [2.75, 3.05) is 13.2 Å². The summed E-state index contributed by atoms with van der Waals surface area (Å²) >= 11 is 0. The summed E-state index contributed by atoms with van der Waals surface area (Å²) in [5.41, 5.74) is 0.413. The molecule has 1 fully saturated rings. The molecule has 1 aromatic rings. The molecule has 2 unspecified atom stereocenters. The van der Waals surface area contributed by atoms with Crippen LogP contribution in [0.4, 0.5) is 0 Å². The first kappa shape index (κ1) is 21.2. The number of carbonyl (C=O) groups is 1. The quantitative estimate of drug-likeness (QED) is 0.439. The maximum absolute atomic E-state index is 13.2. The molecule has 1 heterocycles. The first-order valence-electron chi connectivity index (χ1n) is 8.39. The highest BCUT2D eigenvalue weighted by atomic mass is 32.2. The molecule has 1 aliphatic rings. The van der Waals surface area contributed by atoms with Crippen LogP contribution in [0.3, 0.4) is 0 Å². The van der Waals surface area contributed by atoms with Crippen molar-refractivity contribution in [2.45, 2.75) is 50.3 Å². The fourth-order valence-electron chi connectivity index (χ4n) is 3.11. The summed E-state index contributed by atoms with van der Waals surface area (Å²) in [5.74, 6) is 5.08. The lowest BCUT2D eigenvalue weighted by Crippen LogP contribution is -2.65. The zero-order valence-corrected chi connectivity index (χ0v) is 16.5. The molecule has 0 spiro atoms. The van der Waals surface area contributed by atoms with Crippen molar-refractivity contribution in [1.29, 1.82) is 0 Å². The number of rotatable bonds is 5. The van der Waals surface area contributed by atoms with Crippen molar-refractivity contribution in [1.82, 2.24) is 9.79 Å². The SMILES string of the molecule is CC#CCOc1ccc(S(=O)(=O)N2CC(C)OC(C)(C)C2C(=O)NO)cc1. The Kier molecular flexibility index (Phi) is 6.49. The zero-order chi connectivity index (χ0) is 20.2. The van der Waals surface area contributed by atoms with Crippen molar-refractivity contribution >= 4 is 15.9 Å². The largest absolute Gasteiger partial charge is 0.481 e. The van der Waals surface area contributed by atoms with E-state index >= 15 is 0 Å². The molecule has 0 bridgehead atoms. The van der Waals surface area contributed by atoms with Crippen LogP contribution in [-0.4, -0.2) is 54.7 Å². The number of hydrogen-bond acceptors (Lipinski definition) is 6. The molecular weight excluding hydrogens is 372 g/mol. The van der Waals surface area contributed by atoms with Crippen molar-refractivity contribution < 1.29 is 27.9 Å². The van der Waals surface area contributed by atoms with Gasteiger partial charge in [-0.15, -0.1) is 5.92 Å². The Balaban J connectivity index is 2.36. The van der Waals surface area contributed by atoms with Crippen molar-refractivity contribution in [2.24, 2.45) is 0 Å². The van der Waals surface area contributed by atoms with E-state index < -0.39 is 33.7 Å². The summed E-state index contributed by atoms with van der Waals surface area (Å²) in [5, 5.41) is 9.07. The molecule has 1 aromatic carbocycles. The van der Waals surface area contributed by atoms with E-state index in [1.807, 2.05) is 0 Å². The fraction of sp³-hybridized carbons (Fsp3) is 0.500. The minimum absolute atomic E-state index is 0.0112. The number of nitrogens with zero attached hydrogens (tertiary/aromatic N) is 1. The number of amides is 1. The molecule has 1 saturated heterocycles. The van der Waals surface area contributed by atoms with Crippen LogP contribution in [0.15, 0.2) is 29.2 Å². The summed E-state index contributed by atoms with van der Waals surface area (Å²) in [4.78, 5) is 12.2. The summed E-state index contributed by atoms with van der Waals surface area (Å²) < 4.78 is 38.5. The first-order chi connectivity index (χ1) is 12.6. The van der Waals surface area contributed by atoms with Crippen LogP contribution in [0, 0.1) is 11.8 Å². The van der Waals surface area contributed by atoms with Gasteiger partial charge in [0.1, 0.15) is 18.4 Å². The smallest absolute Gasteiger partial charge is 0.264 e. The summed E-state index contributed by atoms with van der Waals surface area (Å²) in [7, 11) is -4.01. The molecule has 0 aliphatic carbocycles. The lowest BCUT2D eigenvalue weighted by molar-refractivity contribution is -0.167. The highest BCUT2D eigenvalue weighted by Crippen LogP contribution is 2.33. The minimum Gasteiger partial charge on any atom is -0.481 e. The van der Waals surface area contributed by atoms with E-state index in [9.17, 15) is 13.2 Å². The van der Waals surface area contributed by atoms with E-state index in [1.54, 1.807) is 27.7 Å². The standard InChI is InChI=1S/C18H24N2O6S/c1-5-6-11-25-14-7-9-15(10-8-14)27(23,24)20-12-13(2)26-18(3,4)16(20)17(21)19-22/h7-10,13,16,22H,11-12H2,1-4H3,(H,19,21). The summed E-state index contributed by atoms with van der Waals surface area (Å²) in [6.45, 7) is 6.82. The van der Waals surface area contributed by atoms with Gasteiger partial charge in [0.25, 0.3) is 5.91 Å². The second-order valence-corrected chi connectivity index (χ2v) is 8.56. The molecule has 0 saturated carbocycles. The van der Waals surface area contributed by atoms with Gasteiger partial charge in [-0.3, -0.25) is 10.0 Å². The molecule has 2 N–H and O–H groups in total. The van der Waals surface area contributed by atoms with Gasteiger partial charge in [-0.05, 0) is 52.0 Å². The number of nitrogens with one attached hydrogen (secondary N) is 1. The number of sulfonamides is 1. The average molecular weight is 396 g/mol. The Morgan fingerprint density at radius 3 is 2.59 bits per heavy atom. The Morgan fingerprint density at radius 1 is 1.41 bits per heavy atom. The minimum atomic E-state index is -4.01. The molecule has 148 valence electrons. The number of hydroxylamine groups is 1. The van der Waals surface area contributed by atoms with Gasteiger partial charge in [0.2, 0.25) is 10.0 Å². The Hall–Kier alpha value is -2.12. The summed E-state index contributed by atoms with van der Waals surface area (Å²) in [6.07, 6.45) is -0.423. The molecule has 2 atom stereocenters. The third kappa shape index (κ3) is 4.59. The van der Waals surface area contributed by atoms with E-state index in [0.717, 1.165) is 4.31 Å². The highest BCUT2D eigenvalue weighted by Gasteiger charge is 2.50. The van der Waals surface area contributed by atoms with Gasteiger partial charge < -0.3 is 9.47 Å². The number of hydrogen-bond donors (Lipinski definition) is 2. The maximum Gasteiger partial charge on any atom is 0.264 e. The van der Waals surface area contributed by atoms with Crippen LogP contribution in [-0.2, 0) is 19.6 Å². The van der Waals surface area contributed by atoms with Gasteiger partial charge in [0.05, 0.1) is 16.6 Å². The van der Waals surface area contributed by atoms with Gasteiger partial charge in [0.15, 0.2) is 0 Å². The normalized spacial score (nSPS) is 22.4. The molecule has 9 heteroatoms. The van der Waals surface area contributed by atoms with E-state index in [0.29, 0.717) is 5.75 Å². The van der Waals surface area contributed by atoms with Crippen LogP contribution in [0.1, 0.15) is 27.7 Å². The van der Waals surface area contributed by atoms with Crippen LogP contribution in [0.2, 0.25) is 0 Å². The predicted octanol–water partition coefficient (Wildman–Crippen LogP) is 1.15. The van der Waals surface area contributed by atoms with Crippen LogP contribution < -0.4 is 10.2 Å². The summed E-state index contributed by atoms with van der Waals surface area (Å²) in [6, 6.07) is 4.65. The Labute approximate surface area is 159 Å². The molecule has 1 amide bonds. The molecule has 2 rings (SSSR count). The Bertz CT molecular complexity index is 839. The topological polar surface area (TPSA) is 105 Å². The molecule has 8 nitrogen and oxygen atoms in total. The number of ether oxygens (including phenoxy) is 2. The van der Waals surface area contributed by atoms with Gasteiger partial charge in [-0.1, -0.05) is 5.92 Å². The second-order valence-electron chi connectivity index (χ2n) is 6.67. The predicted molar refractivity (Wildman–Crippen MR) is 97.6 cm³/mol. The molecular formula is C18H24N2O6S. The molecule has 1 aliphatic heterocycles. The van der Waals surface area contributed by atoms with Gasteiger partial charge in [-0.2, -0.15) is 4.31 Å². The molecule has 0 aromatic heterocycles. The molecule has 27 heavy (non-hydrogen) atoms. The lowest BCUT2D eigenvalue weighted by atomic mass is 9.95. The average Bonchev–Trinajstić information content (AvgIpc) is 2.60. The van der Waals surface area contributed by atoms with E-state index in [1.165, 1.54) is 29.7 Å². The lowest BCUT2D eigenvalue weighted by Gasteiger charge is -2.46. The highest BCUT2D eigenvalue weighted by molar-refractivity contribution is 7.89.